The Morgan fingerprint density at radius 3 is 2.76 bits per heavy atom. The van der Waals surface area contributed by atoms with E-state index in [9.17, 15) is 0 Å². The number of furan rings is 1. The first-order valence-corrected chi connectivity index (χ1v) is 7.71. The quantitative estimate of drug-likeness (QED) is 0.770. The summed E-state index contributed by atoms with van der Waals surface area (Å²) in [6, 6.07) is 8.28. The van der Waals surface area contributed by atoms with Gasteiger partial charge in [0.05, 0.1) is 13.2 Å². The Kier molecular flexibility index (Phi) is 6.23. The molecule has 0 spiro atoms. The molecule has 0 aliphatic rings. The van der Waals surface area contributed by atoms with Crippen LogP contribution in [-0.4, -0.2) is 38.3 Å². The largest absolute Gasteiger partial charge is 0.459 e. The normalized spacial score (nSPS) is 11.6. The average molecular weight is 290 g/mol. The van der Waals surface area contributed by atoms with Gasteiger partial charge in [-0.3, -0.25) is 4.90 Å². The third-order valence-electron chi connectivity index (χ3n) is 3.76. The minimum Gasteiger partial charge on any atom is -0.459 e. The summed E-state index contributed by atoms with van der Waals surface area (Å²) in [6.07, 6.45) is 0. The zero-order valence-corrected chi connectivity index (χ0v) is 13.3. The Labute approximate surface area is 127 Å². The van der Waals surface area contributed by atoms with Crippen molar-refractivity contribution in [3.63, 3.8) is 0 Å². The van der Waals surface area contributed by atoms with E-state index in [1.54, 1.807) is 7.11 Å². The molecule has 0 amide bonds. The van der Waals surface area contributed by atoms with Crippen LogP contribution < -0.4 is 5.32 Å². The van der Waals surface area contributed by atoms with Crippen LogP contribution in [0.5, 0.6) is 0 Å². The highest BCUT2D eigenvalue weighted by Gasteiger charge is 2.16. The standard InChI is InChI=1S/C17H26N2O2/c1-4-18-12-17-15(13-19(5-2)10-11-20-3)14-8-6-7-9-16(14)21-17/h6-9,18H,4-5,10-13H2,1-3H3. The zero-order valence-electron chi connectivity index (χ0n) is 13.3. The van der Waals surface area contributed by atoms with Crippen molar-refractivity contribution in [2.75, 3.05) is 33.4 Å². The highest BCUT2D eigenvalue weighted by Crippen LogP contribution is 2.27. The summed E-state index contributed by atoms with van der Waals surface area (Å²) in [5.74, 6) is 1.05. The molecule has 0 bridgehead atoms. The second kappa shape index (κ2) is 8.17. The van der Waals surface area contributed by atoms with Gasteiger partial charge in [-0.1, -0.05) is 32.0 Å². The third-order valence-corrected chi connectivity index (χ3v) is 3.76. The number of methoxy groups -OCH3 is 1. The van der Waals surface area contributed by atoms with E-state index in [4.69, 9.17) is 9.15 Å². The van der Waals surface area contributed by atoms with E-state index in [0.29, 0.717) is 0 Å². The van der Waals surface area contributed by atoms with Gasteiger partial charge in [0.1, 0.15) is 11.3 Å². The number of ether oxygens (including phenoxy) is 1. The highest BCUT2D eigenvalue weighted by atomic mass is 16.5. The molecule has 0 saturated carbocycles. The highest BCUT2D eigenvalue weighted by molar-refractivity contribution is 5.82. The van der Waals surface area contributed by atoms with Crippen LogP contribution in [0.3, 0.4) is 0 Å². The van der Waals surface area contributed by atoms with Gasteiger partial charge in [0.25, 0.3) is 0 Å². The molecular weight excluding hydrogens is 264 g/mol. The average Bonchev–Trinajstić information content (AvgIpc) is 2.87. The fraction of sp³-hybridized carbons (Fsp3) is 0.529. The van der Waals surface area contributed by atoms with Gasteiger partial charge in [0.2, 0.25) is 0 Å². The van der Waals surface area contributed by atoms with E-state index in [-0.39, 0.29) is 0 Å². The lowest BCUT2D eigenvalue weighted by Crippen LogP contribution is -2.27. The fourth-order valence-electron chi connectivity index (χ4n) is 2.50. The summed E-state index contributed by atoms with van der Waals surface area (Å²) < 4.78 is 11.2. The van der Waals surface area contributed by atoms with Crippen molar-refractivity contribution in [2.45, 2.75) is 26.9 Å². The molecule has 116 valence electrons. The lowest BCUT2D eigenvalue weighted by atomic mass is 10.1. The molecule has 4 nitrogen and oxygen atoms in total. The Hall–Kier alpha value is -1.36. The molecule has 0 unspecified atom stereocenters. The van der Waals surface area contributed by atoms with Gasteiger partial charge in [-0.15, -0.1) is 0 Å². The first-order valence-electron chi connectivity index (χ1n) is 7.71. The van der Waals surface area contributed by atoms with Gasteiger partial charge >= 0.3 is 0 Å². The van der Waals surface area contributed by atoms with Crippen LogP contribution >= 0.6 is 0 Å². The smallest absolute Gasteiger partial charge is 0.134 e. The predicted molar refractivity (Wildman–Crippen MR) is 86.4 cm³/mol. The van der Waals surface area contributed by atoms with Gasteiger partial charge in [-0.05, 0) is 19.2 Å². The SMILES string of the molecule is CCNCc1oc2ccccc2c1CN(CC)CCOC. The molecule has 0 radical (unpaired) electrons. The molecule has 4 heteroatoms. The second-order valence-corrected chi connectivity index (χ2v) is 5.14. The second-order valence-electron chi connectivity index (χ2n) is 5.14. The molecule has 0 aliphatic heterocycles. The van der Waals surface area contributed by atoms with Crippen molar-refractivity contribution in [3.8, 4) is 0 Å². The number of benzene rings is 1. The lowest BCUT2D eigenvalue weighted by Gasteiger charge is -2.20. The van der Waals surface area contributed by atoms with Crippen LogP contribution in [0.25, 0.3) is 11.0 Å². The molecular formula is C17H26N2O2. The van der Waals surface area contributed by atoms with Crippen LogP contribution in [0.1, 0.15) is 25.2 Å². The van der Waals surface area contributed by atoms with Crippen molar-refractivity contribution >= 4 is 11.0 Å². The molecule has 0 aliphatic carbocycles. The maximum atomic E-state index is 6.03. The van der Waals surface area contributed by atoms with Crippen LogP contribution in [-0.2, 0) is 17.8 Å². The fourth-order valence-corrected chi connectivity index (χ4v) is 2.50. The summed E-state index contributed by atoms with van der Waals surface area (Å²) >= 11 is 0. The number of nitrogens with zero attached hydrogens (tertiary/aromatic N) is 1. The van der Waals surface area contributed by atoms with Crippen molar-refractivity contribution in [1.29, 1.82) is 0 Å². The third kappa shape index (κ3) is 4.06. The number of hydrogen-bond donors (Lipinski definition) is 1. The number of para-hydroxylation sites is 1. The molecule has 0 fully saturated rings. The predicted octanol–water partition coefficient (Wildman–Crippen LogP) is 3.01. The molecule has 1 aromatic carbocycles. The molecule has 2 aromatic rings. The number of hydrogen-bond acceptors (Lipinski definition) is 4. The number of nitrogens with one attached hydrogen (secondary N) is 1. The molecule has 0 atom stereocenters. The Bertz CT molecular complexity index is 551. The summed E-state index contributed by atoms with van der Waals surface area (Å²) in [4.78, 5) is 2.39. The van der Waals surface area contributed by atoms with E-state index in [0.717, 1.165) is 50.7 Å². The monoisotopic (exact) mass is 290 g/mol. The minimum absolute atomic E-state index is 0.756. The van der Waals surface area contributed by atoms with Gasteiger partial charge in [0.15, 0.2) is 0 Å². The summed E-state index contributed by atoms with van der Waals surface area (Å²) in [5, 5.41) is 4.59. The van der Waals surface area contributed by atoms with Crippen LogP contribution in [0.15, 0.2) is 28.7 Å². The summed E-state index contributed by atoms with van der Waals surface area (Å²) in [7, 11) is 1.75. The summed E-state index contributed by atoms with van der Waals surface area (Å²) in [5.41, 5.74) is 2.27. The van der Waals surface area contributed by atoms with E-state index < -0.39 is 0 Å². The van der Waals surface area contributed by atoms with Crippen molar-refractivity contribution < 1.29 is 9.15 Å². The molecule has 1 aromatic heterocycles. The summed E-state index contributed by atoms with van der Waals surface area (Å²) in [6.45, 7) is 9.61. The minimum atomic E-state index is 0.756. The number of likely N-dealkylation sites (N-methyl/N-ethyl adjacent to an activating group) is 1. The Morgan fingerprint density at radius 1 is 1.24 bits per heavy atom. The topological polar surface area (TPSA) is 37.6 Å². The molecule has 21 heavy (non-hydrogen) atoms. The number of rotatable bonds is 9. The first kappa shape index (κ1) is 16.0. The van der Waals surface area contributed by atoms with Crippen molar-refractivity contribution in [2.24, 2.45) is 0 Å². The van der Waals surface area contributed by atoms with Crippen molar-refractivity contribution in [3.05, 3.63) is 35.6 Å². The van der Waals surface area contributed by atoms with E-state index in [1.807, 2.05) is 12.1 Å². The van der Waals surface area contributed by atoms with Crippen LogP contribution in [0.4, 0.5) is 0 Å². The maximum Gasteiger partial charge on any atom is 0.134 e. The number of fused-ring (bicyclic) bond motifs is 1. The Morgan fingerprint density at radius 2 is 2.05 bits per heavy atom. The van der Waals surface area contributed by atoms with Crippen molar-refractivity contribution in [1.82, 2.24) is 10.2 Å². The van der Waals surface area contributed by atoms with E-state index >= 15 is 0 Å². The van der Waals surface area contributed by atoms with Crippen LogP contribution in [0, 0.1) is 0 Å². The molecule has 1 N–H and O–H groups in total. The Balaban J connectivity index is 2.25. The molecule has 0 saturated heterocycles. The van der Waals surface area contributed by atoms with Gasteiger partial charge < -0.3 is 14.5 Å². The maximum absolute atomic E-state index is 6.03. The first-order chi connectivity index (χ1) is 10.3. The van der Waals surface area contributed by atoms with E-state index in [1.165, 1.54) is 10.9 Å². The van der Waals surface area contributed by atoms with Gasteiger partial charge in [0, 0.05) is 31.1 Å². The van der Waals surface area contributed by atoms with E-state index in [2.05, 4.69) is 36.2 Å². The molecule has 1 heterocycles. The van der Waals surface area contributed by atoms with Crippen LogP contribution in [0.2, 0.25) is 0 Å². The van der Waals surface area contributed by atoms with Gasteiger partial charge in [-0.25, -0.2) is 0 Å². The molecule has 2 rings (SSSR count). The van der Waals surface area contributed by atoms with Gasteiger partial charge in [-0.2, -0.15) is 0 Å². The lowest BCUT2D eigenvalue weighted by molar-refractivity contribution is 0.147. The zero-order chi connectivity index (χ0) is 15.1.